The van der Waals surface area contributed by atoms with Crippen LogP contribution in [0, 0.1) is 6.92 Å². The lowest BCUT2D eigenvalue weighted by Gasteiger charge is -2.05. The van der Waals surface area contributed by atoms with Crippen LogP contribution in [0.2, 0.25) is 0 Å². The Kier molecular flexibility index (Phi) is 2.79. The Hall–Kier alpha value is -0.930. The van der Waals surface area contributed by atoms with Crippen molar-refractivity contribution in [1.82, 2.24) is 10.3 Å². The lowest BCUT2D eigenvalue weighted by atomic mass is 10.0. The zero-order chi connectivity index (χ0) is 9.97. The van der Waals surface area contributed by atoms with Crippen LogP contribution in [0.15, 0.2) is 17.6 Å². The van der Waals surface area contributed by atoms with Gasteiger partial charge in [0, 0.05) is 0 Å². The van der Waals surface area contributed by atoms with E-state index in [4.69, 9.17) is 0 Å². The maximum absolute atomic E-state index is 4.39. The average Bonchev–Trinajstić information content (AvgIpc) is 2.66. The molecule has 0 unspecified atom stereocenters. The van der Waals surface area contributed by atoms with Crippen LogP contribution in [0.1, 0.15) is 11.1 Å². The van der Waals surface area contributed by atoms with Crippen molar-refractivity contribution in [3.63, 3.8) is 0 Å². The molecule has 0 aliphatic rings. The molecule has 0 bridgehead atoms. The first kappa shape index (κ1) is 9.62. The molecule has 2 rings (SSSR count). The smallest absolute Gasteiger partial charge is 0.0843 e. The summed E-state index contributed by atoms with van der Waals surface area (Å²) in [7, 11) is 1.98. The highest BCUT2D eigenvalue weighted by Gasteiger charge is 2.04. The molecule has 3 heteroatoms. The minimum absolute atomic E-state index is 1.02. The topological polar surface area (TPSA) is 24.9 Å². The number of nitrogens with zero attached hydrogens (tertiary/aromatic N) is 1. The quantitative estimate of drug-likeness (QED) is 0.834. The summed E-state index contributed by atoms with van der Waals surface area (Å²) in [6.45, 7) is 3.18. The number of hydrogen-bond acceptors (Lipinski definition) is 3. The van der Waals surface area contributed by atoms with Gasteiger partial charge in [0.05, 0.1) is 15.7 Å². The Bertz CT molecular complexity index is 434. The number of hydrogen-bond donors (Lipinski definition) is 1. The summed E-state index contributed by atoms with van der Waals surface area (Å²) in [4.78, 5) is 4.39. The van der Waals surface area contributed by atoms with Gasteiger partial charge in [0.15, 0.2) is 0 Å². The third kappa shape index (κ3) is 1.65. The van der Waals surface area contributed by atoms with E-state index in [1.807, 2.05) is 12.6 Å². The van der Waals surface area contributed by atoms with Gasteiger partial charge in [-0.25, -0.2) is 4.98 Å². The van der Waals surface area contributed by atoms with Crippen LogP contribution < -0.4 is 5.32 Å². The van der Waals surface area contributed by atoms with Gasteiger partial charge < -0.3 is 5.32 Å². The fourth-order valence-corrected chi connectivity index (χ4v) is 2.37. The number of aryl methyl sites for hydroxylation is 1. The van der Waals surface area contributed by atoms with Crippen LogP contribution in [0.25, 0.3) is 10.2 Å². The average molecular weight is 206 g/mol. The van der Waals surface area contributed by atoms with E-state index in [9.17, 15) is 0 Å². The number of aromatic nitrogens is 1. The molecule has 0 fully saturated rings. The van der Waals surface area contributed by atoms with Gasteiger partial charge in [-0.3, -0.25) is 0 Å². The predicted octanol–water partition coefficient (Wildman–Crippen LogP) is 2.37. The molecule has 1 N–H and O–H groups in total. The summed E-state index contributed by atoms with van der Waals surface area (Å²) in [6, 6.07) is 4.39. The van der Waals surface area contributed by atoms with E-state index in [0.717, 1.165) is 13.0 Å². The first-order valence-electron chi connectivity index (χ1n) is 4.79. The van der Waals surface area contributed by atoms with Crippen molar-refractivity contribution >= 4 is 21.6 Å². The molecule has 1 heterocycles. The fourth-order valence-electron chi connectivity index (χ4n) is 1.64. The monoisotopic (exact) mass is 206 g/mol. The second-order valence-electron chi connectivity index (χ2n) is 3.40. The first-order chi connectivity index (χ1) is 6.83. The van der Waals surface area contributed by atoms with E-state index in [1.54, 1.807) is 11.3 Å². The molecule has 74 valence electrons. The molecule has 0 aliphatic carbocycles. The van der Waals surface area contributed by atoms with Gasteiger partial charge in [-0.2, -0.15) is 0 Å². The van der Waals surface area contributed by atoms with Gasteiger partial charge in [0.25, 0.3) is 0 Å². The second kappa shape index (κ2) is 4.07. The SMILES string of the molecule is CNCCc1ccc2scnc2c1C. The Labute approximate surface area is 88.0 Å². The number of fused-ring (bicyclic) bond motifs is 1. The fraction of sp³-hybridized carbons (Fsp3) is 0.364. The third-order valence-electron chi connectivity index (χ3n) is 2.51. The largest absolute Gasteiger partial charge is 0.319 e. The van der Waals surface area contributed by atoms with E-state index < -0.39 is 0 Å². The minimum atomic E-state index is 1.02. The summed E-state index contributed by atoms with van der Waals surface area (Å²) in [6.07, 6.45) is 1.08. The van der Waals surface area contributed by atoms with Crippen LogP contribution in [0.5, 0.6) is 0 Å². The van der Waals surface area contributed by atoms with E-state index in [2.05, 4.69) is 29.4 Å². The summed E-state index contributed by atoms with van der Waals surface area (Å²) in [5.41, 5.74) is 5.82. The van der Waals surface area contributed by atoms with Crippen molar-refractivity contribution < 1.29 is 0 Å². The normalized spacial score (nSPS) is 11.0. The van der Waals surface area contributed by atoms with Gasteiger partial charge in [-0.15, -0.1) is 11.3 Å². The summed E-state index contributed by atoms with van der Waals surface area (Å²) in [5.74, 6) is 0. The van der Waals surface area contributed by atoms with E-state index >= 15 is 0 Å². The Morgan fingerprint density at radius 3 is 3.07 bits per heavy atom. The Morgan fingerprint density at radius 2 is 2.29 bits per heavy atom. The maximum Gasteiger partial charge on any atom is 0.0843 e. The summed E-state index contributed by atoms with van der Waals surface area (Å²) >= 11 is 1.71. The molecule has 0 amide bonds. The lowest BCUT2D eigenvalue weighted by Crippen LogP contribution is -2.10. The van der Waals surface area contributed by atoms with Gasteiger partial charge in [0.2, 0.25) is 0 Å². The highest BCUT2D eigenvalue weighted by molar-refractivity contribution is 7.16. The molecule has 0 spiro atoms. The number of nitrogens with one attached hydrogen (secondary N) is 1. The highest BCUT2D eigenvalue weighted by Crippen LogP contribution is 2.23. The van der Waals surface area contributed by atoms with Crippen molar-refractivity contribution in [3.8, 4) is 0 Å². The van der Waals surface area contributed by atoms with Crippen molar-refractivity contribution in [3.05, 3.63) is 28.8 Å². The van der Waals surface area contributed by atoms with Gasteiger partial charge in [-0.05, 0) is 44.1 Å². The van der Waals surface area contributed by atoms with Crippen LogP contribution >= 0.6 is 11.3 Å². The van der Waals surface area contributed by atoms with Crippen molar-refractivity contribution in [2.45, 2.75) is 13.3 Å². The minimum Gasteiger partial charge on any atom is -0.319 e. The highest BCUT2D eigenvalue weighted by atomic mass is 32.1. The van der Waals surface area contributed by atoms with Crippen molar-refractivity contribution in [2.24, 2.45) is 0 Å². The van der Waals surface area contributed by atoms with Gasteiger partial charge >= 0.3 is 0 Å². The van der Waals surface area contributed by atoms with E-state index in [0.29, 0.717) is 0 Å². The Balaban J connectivity index is 2.40. The summed E-state index contributed by atoms with van der Waals surface area (Å²) < 4.78 is 1.29. The zero-order valence-corrected chi connectivity index (χ0v) is 9.32. The number of thiazole rings is 1. The maximum atomic E-state index is 4.39. The van der Waals surface area contributed by atoms with Crippen molar-refractivity contribution in [1.29, 1.82) is 0 Å². The van der Waals surface area contributed by atoms with Crippen LogP contribution in [-0.4, -0.2) is 18.6 Å². The van der Waals surface area contributed by atoms with Gasteiger partial charge in [0.1, 0.15) is 0 Å². The zero-order valence-electron chi connectivity index (χ0n) is 8.50. The number of benzene rings is 1. The number of rotatable bonds is 3. The Morgan fingerprint density at radius 1 is 1.43 bits per heavy atom. The number of likely N-dealkylation sites (N-methyl/N-ethyl adjacent to an activating group) is 1. The third-order valence-corrected chi connectivity index (χ3v) is 3.31. The van der Waals surface area contributed by atoms with Crippen molar-refractivity contribution in [2.75, 3.05) is 13.6 Å². The van der Waals surface area contributed by atoms with Crippen LogP contribution in [0.3, 0.4) is 0 Å². The molecule has 0 atom stereocenters. The standard InChI is InChI=1S/C11H14N2S/c1-8-9(5-6-12-2)3-4-10-11(8)13-7-14-10/h3-4,7,12H,5-6H2,1-2H3. The molecule has 2 nitrogen and oxygen atoms in total. The van der Waals surface area contributed by atoms with E-state index in [1.165, 1.54) is 21.3 Å². The molecule has 0 radical (unpaired) electrons. The molecular formula is C11H14N2S. The molecule has 0 saturated carbocycles. The molecule has 1 aromatic carbocycles. The van der Waals surface area contributed by atoms with E-state index in [-0.39, 0.29) is 0 Å². The predicted molar refractivity (Wildman–Crippen MR) is 62.0 cm³/mol. The second-order valence-corrected chi connectivity index (χ2v) is 4.29. The molecule has 14 heavy (non-hydrogen) atoms. The van der Waals surface area contributed by atoms with Gasteiger partial charge in [-0.1, -0.05) is 6.07 Å². The first-order valence-corrected chi connectivity index (χ1v) is 5.67. The van der Waals surface area contributed by atoms with Crippen LogP contribution in [0.4, 0.5) is 0 Å². The summed E-state index contributed by atoms with van der Waals surface area (Å²) in [5, 5.41) is 3.17. The molecule has 2 aromatic rings. The molecular weight excluding hydrogens is 192 g/mol. The lowest BCUT2D eigenvalue weighted by molar-refractivity contribution is 0.789. The molecule has 0 saturated heterocycles. The molecule has 0 aliphatic heterocycles. The van der Waals surface area contributed by atoms with Crippen LogP contribution in [-0.2, 0) is 6.42 Å². The molecule has 1 aromatic heterocycles.